The van der Waals surface area contributed by atoms with E-state index in [9.17, 15) is 4.79 Å². The Bertz CT molecular complexity index is 552. The zero-order valence-electron chi connectivity index (χ0n) is 16.3. The van der Waals surface area contributed by atoms with Gasteiger partial charge in [-0.2, -0.15) is 0 Å². The summed E-state index contributed by atoms with van der Waals surface area (Å²) in [5.41, 5.74) is 7.31. The van der Waals surface area contributed by atoms with Crippen molar-refractivity contribution in [2.75, 3.05) is 46.3 Å². The topological polar surface area (TPSA) is 52.8 Å². The van der Waals surface area contributed by atoms with Crippen LogP contribution in [0.4, 0.5) is 0 Å². The lowest BCUT2D eigenvalue weighted by Gasteiger charge is -2.36. The van der Waals surface area contributed by atoms with Crippen LogP contribution in [0, 0.1) is 5.92 Å². The van der Waals surface area contributed by atoms with Crippen molar-refractivity contribution >= 4 is 30.7 Å². The summed E-state index contributed by atoms with van der Waals surface area (Å²) in [6.45, 7) is 6.83. The van der Waals surface area contributed by atoms with Crippen LogP contribution < -0.4 is 5.73 Å². The van der Waals surface area contributed by atoms with Gasteiger partial charge in [0.1, 0.15) is 0 Å². The minimum atomic E-state index is 0. The Morgan fingerprint density at radius 3 is 2.37 bits per heavy atom. The molecule has 0 radical (unpaired) electrons. The number of rotatable bonds is 6. The summed E-state index contributed by atoms with van der Waals surface area (Å²) in [6, 6.07) is 10.8. The van der Waals surface area contributed by atoms with E-state index in [0.29, 0.717) is 5.91 Å². The van der Waals surface area contributed by atoms with Crippen LogP contribution in [0.1, 0.15) is 24.8 Å². The van der Waals surface area contributed by atoms with Gasteiger partial charge in [0.25, 0.3) is 0 Å². The predicted molar refractivity (Wildman–Crippen MR) is 116 cm³/mol. The number of carbonyl (C=O) groups is 1. The predicted octanol–water partition coefficient (Wildman–Crippen LogP) is 2.23. The molecule has 1 aliphatic carbocycles. The van der Waals surface area contributed by atoms with E-state index >= 15 is 0 Å². The molecule has 7 heteroatoms. The molecule has 2 atom stereocenters. The summed E-state index contributed by atoms with van der Waals surface area (Å²) in [7, 11) is 2.18. The molecule has 5 nitrogen and oxygen atoms in total. The molecule has 1 saturated carbocycles. The molecule has 0 spiro atoms. The van der Waals surface area contributed by atoms with Crippen molar-refractivity contribution < 1.29 is 4.79 Å². The fraction of sp³-hybridized carbons (Fsp3) is 0.650. The molecule has 1 aromatic carbocycles. The van der Waals surface area contributed by atoms with Crippen LogP contribution in [-0.4, -0.2) is 73.0 Å². The van der Waals surface area contributed by atoms with E-state index in [4.69, 9.17) is 5.73 Å². The molecule has 1 aliphatic heterocycles. The lowest BCUT2D eigenvalue weighted by Crippen LogP contribution is -2.51. The fourth-order valence-electron chi connectivity index (χ4n) is 3.98. The number of carbonyl (C=O) groups excluding carboxylic acids is 1. The fourth-order valence-corrected chi connectivity index (χ4v) is 3.98. The second kappa shape index (κ2) is 11.9. The van der Waals surface area contributed by atoms with Crippen LogP contribution in [0.15, 0.2) is 30.3 Å². The molecule has 1 amide bonds. The lowest BCUT2D eigenvalue weighted by molar-refractivity contribution is -0.137. The molecule has 1 heterocycles. The molecule has 1 aromatic rings. The van der Waals surface area contributed by atoms with E-state index in [1.54, 1.807) is 0 Å². The Morgan fingerprint density at radius 2 is 1.78 bits per heavy atom. The molecule has 2 fully saturated rings. The maximum Gasteiger partial charge on any atom is 0.225 e. The first-order valence-corrected chi connectivity index (χ1v) is 9.61. The average Bonchev–Trinajstić information content (AvgIpc) is 3.07. The lowest BCUT2D eigenvalue weighted by atomic mass is 10.1. The van der Waals surface area contributed by atoms with Crippen LogP contribution in [0.3, 0.4) is 0 Å². The van der Waals surface area contributed by atoms with Crippen molar-refractivity contribution in [3.8, 4) is 0 Å². The molecule has 2 aliphatic rings. The third-order valence-electron chi connectivity index (χ3n) is 5.60. The van der Waals surface area contributed by atoms with Gasteiger partial charge in [-0.25, -0.2) is 0 Å². The highest BCUT2D eigenvalue weighted by Gasteiger charge is 2.32. The SMILES string of the molecule is CN(CCN1CCN(C(=O)C2CCC(N)C2)CC1)Cc1ccccc1.Cl.Cl. The van der Waals surface area contributed by atoms with Crippen molar-refractivity contribution in [1.29, 1.82) is 0 Å². The quantitative estimate of drug-likeness (QED) is 0.772. The third-order valence-corrected chi connectivity index (χ3v) is 5.60. The van der Waals surface area contributed by atoms with Crippen molar-refractivity contribution in [3.63, 3.8) is 0 Å². The Hall–Kier alpha value is -0.850. The van der Waals surface area contributed by atoms with Crippen LogP contribution in [0.2, 0.25) is 0 Å². The Kier molecular flexibility index (Phi) is 10.6. The minimum absolute atomic E-state index is 0. The highest BCUT2D eigenvalue weighted by Crippen LogP contribution is 2.26. The van der Waals surface area contributed by atoms with Crippen molar-refractivity contribution in [3.05, 3.63) is 35.9 Å². The van der Waals surface area contributed by atoms with Crippen molar-refractivity contribution in [2.24, 2.45) is 11.7 Å². The van der Waals surface area contributed by atoms with Crippen molar-refractivity contribution in [1.82, 2.24) is 14.7 Å². The third kappa shape index (κ3) is 7.24. The van der Waals surface area contributed by atoms with E-state index in [0.717, 1.165) is 65.1 Å². The molecule has 27 heavy (non-hydrogen) atoms. The van der Waals surface area contributed by atoms with E-state index in [2.05, 4.69) is 52.1 Å². The number of likely N-dealkylation sites (N-methyl/N-ethyl adjacent to an activating group) is 1. The number of nitrogens with zero attached hydrogens (tertiary/aromatic N) is 3. The first kappa shape index (κ1) is 24.2. The number of hydrogen-bond donors (Lipinski definition) is 1. The monoisotopic (exact) mass is 416 g/mol. The highest BCUT2D eigenvalue weighted by atomic mass is 35.5. The number of piperazine rings is 1. The second-order valence-corrected chi connectivity index (χ2v) is 7.66. The van der Waals surface area contributed by atoms with Crippen LogP contribution in [0.25, 0.3) is 0 Å². The molecule has 154 valence electrons. The van der Waals surface area contributed by atoms with Gasteiger partial charge in [0.05, 0.1) is 0 Å². The van der Waals surface area contributed by atoms with Gasteiger partial charge in [0.2, 0.25) is 5.91 Å². The zero-order chi connectivity index (χ0) is 17.6. The Labute approximate surface area is 176 Å². The maximum absolute atomic E-state index is 12.6. The van der Waals surface area contributed by atoms with Gasteiger partial charge in [0, 0.05) is 57.8 Å². The smallest absolute Gasteiger partial charge is 0.225 e. The van der Waals surface area contributed by atoms with E-state index < -0.39 is 0 Å². The summed E-state index contributed by atoms with van der Waals surface area (Å²) in [5, 5.41) is 0. The maximum atomic E-state index is 12.6. The Balaban J connectivity index is 0.00000182. The van der Waals surface area contributed by atoms with Crippen LogP contribution >= 0.6 is 24.8 Å². The van der Waals surface area contributed by atoms with Gasteiger partial charge in [-0.15, -0.1) is 24.8 Å². The number of nitrogens with two attached hydrogens (primary N) is 1. The molecule has 0 aromatic heterocycles. The molecule has 0 bridgehead atoms. The van der Waals surface area contributed by atoms with Gasteiger partial charge in [0.15, 0.2) is 0 Å². The zero-order valence-corrected chi connectivity index (χ0v) is 17.9. The molecule has 2 N–H and O–H groups in total. The number of benzene rings is 1. The molecule has 2 unspecified atom stereocenters. The summed E-state index contributed by atoms with van der Waals surface area (Å²) in [5.74, 6) is 0.521. The molecular weight excluding hydrogens is 383 g/mol. The standard InChI is InChI=1S/C20H32N4O.2ClH/c1-22(16-17-5-3-2-4-6-17)9-10-23-11-13-24(14-12-23)20(25)18-7-8-19(21)15-18;;/h2-6,18-19H,7-16,21H2,1H3;2*1H. The summed E-state index contributed by atoms with van der Waals surface area (Å²) in [4.78, 5) is 19.5. The largest absolute Gasteiger partial charge is 0.340 e. The number of hydrogen-bond acceptors (Lipinski definition) is 4. The van der Waals surface area contributed by atoms with E-state index in [1.807, 2.05) is 0 Å². The number of halogens is 2. The van der Waals surface area contributed by atoms with Gasteiger partial charge in [-0.3, -0.25) is 9.69 Å². The summed E-state index contributed by atoms with van der Waals surface area (Å²) >= 11 is 0. The highest BCUT2D eigenvalue weighted by molar-refractivity contribution is 5.85. The summed E-state index contributed by atoms with van der Waals surface area (Å²) < 4.78 is 0. The normalized spacial score (nSPS) is 23.0. The second-order valence-electron chi connectivity index (χ2n) is 7.66. The van der Waals surface area contributed by atoms with Crippen LogP contribution in [0.5, 0.6) is 0 Å². The van der Waals surface area contributed by atoms with Gasteiger partial charge in [-0.1, -0.05) is 30.3 Å². The average molecular weight is 417 g/mol. The van der Waals surface area contributed by atoms with E-state index in [1.165, 1.54) is 5.56 Å². The minimum Gasteiger partial charge on any atom is -0.340 e. The summed E-state index contributed by atoms with van der Waals surface area (Å²) in [6.07, 6.45) is 2.86. The Morgan fingerprint density at radius 1 is 1.11 bits per heavy atom. The first-order valence-electron chi connectivity index (χ1n) is 9.61. The van der Waals surface area contributed by atoms with Crippen LogP contribution in [-0.2, 0) is 11.3 Å². The van der Waals surface area contributed by atoms with E-state index in [-0.39, 0.29) is 36.8 Å². The van der Waals surface area contributed by atoms with Gasteiger partial charge < -0.3 is 15.5 Å². The number of amides is 1. The first-order chi connectivity index (χ1) is 12.1. The molecule has 3 rings (SSSR count). The van der Waals surface area contributed by atoms with Gasteiger partial charge >= 0.3 is 0 Å². The molecular formula is C20H34Cl2N4O. The molecule has 1 saturated heterocycles. The van der Waals surface area contributed by atoms with Gasteiger partial charge in [-0.05, 0) is 31.9 Å². The van der Waals surface area contributed by atoms with Crippen molar-refractivity contribution in [2.45, 2.75) is 31.8 Å².